The van der Waals surface area contributed by atoms with Crippen molar-refractivity contribution < 1.29 is 4.79 Å². The predicted molar refractivity (Wildman–Crippen MR) is 108 cm³/mol. The summed E-state index contributed by atoms with van der Waals surface area (Å²) in [6.07, 6.45) is 1.45. The van der Waals surface area contributed by atoms with Gasteiger partial charge in [-0.2, -0.15) is 10.4 Å². The van der Waals surface area contributed by atoms with Crippen LogP contribution in [-0.4, -0.2) is 25.7 Å². The number of benzene rings is 2. The topological polar surface area (TPSA) is 130 Å². The van der Waals surface area contributed by atoms with E-state index in [-0.39, 0.29) is 10.7 Å². The van der Waals surface area contributed by atoms with Crippen LogP contribution in [0.2, 0.25) is 0 Å². The van der Waals surface area contributed by atoms with Crippen LogP contribution >= 0.6 is 11.8 Å². The lowest BCUT2D eigenvalue weighted by atomic mass is 10.1. The van der Waals surface area contributed by atoms with E-state index in [4.69, 9.17) is 11.0 Å². The van der Waals surface area contributed by atoms with Gasteiger partial charge >= 0.3 is 0 Å². The lowest BCUT2D eigenvalue weighted by molar-refractivity contribution is -0.117. The molecule has 29 heavy (non-hydrogen) atoms. The molecule has 142 valence electrons. The lowest BCUT2D eigenvalue weighted by Gasteiger charge is -2.13. The Morgan fingerprint density at radius 1 is 1.17 bits per heavy atom. The number of nitrogens with two attached hydrogens (primary N) is 1. The van der Waals surface area contributed by atoms with Crippen LogP contribution < -0.4 is 11.3 Å². The summed E-state index contributed by atoms with van der Waals surface area (Å²) in [6, 6.07) is 17.9. The molecule has 0 fully saturated rings. The van der Waals surface area contributed by atoms with E-state index in [1.54, 1.807) is 28.9 Å². The van der Waals surface area contributed by atoms with E-state index in [2.05, 4.69) is 15.1 Å². The second-order valence-electron chi connectivity index (χ2n) is 6.13. The highest BCUT2D eigenvalue weighted by molar-refractivity contribution is 8.00. The molecule has 9 heteroatoms. The maximum Gasteiger partial charge on any atom is 0.262 e. The number of carbonyl (C=O) groups is 1. The SMILES string of the molecule is N#Cc1ccc(C(Sc2nc3c(cnn3-c3ccccc3)c(=O)[nH]2)C(N)=O)cc1. The largest absolute Gasteiger partial charge is 0.368 e. The number of rotatable bonds is 5. The third-order valence-corrected chi connectivity index (χ3v) is 5.40. The van der Waals surface area contributed by atoms with Crippen LogP contribution in [0.15, 0.2) is 70.7 Å². The molecule has 1 unspecified atom stereocenters. The Hall–Kier alpha value is -3.90. The number of H-pyrrole nitrogens is 1. The van der Waals surface area contributed by atoms with Crippen molar-refractivity contribution in [2.45, 2.75) is 10.4 Å². The lowest BCUT2D eigenvalue weighted by Crippen LogP contribution is -2.20. The molecule has 8 nitrogen and oxygen atoms in total. The fraction of sp³-hybridized carbons (Fsp3) is 0.0500. The molecule has 0 radical (unpaired) electrons. The van der Waals surface area contributed by atoms with Crippen molar-refractivity contribution in [3.05, 3.63) is 82.3 Å². The van der Waals surface area contributed by atoms with Crippen molar-refractivity contribution in [1.82, 2.24) is 19.7 Å². The fourth-order valence-electron chi connectivity index (χ4n) is 2.85. The van der Waals surface area contributed by atoms with Crippen molar-refractivity contribution >= 4 is 28.7 Å². The van der Waals surface area contributed by atoms with Crippen molar-refractivity contribution in [1.29, 1.82) is 5.26 Å². The highest BCUT2D eigenvalue weighted by atomic mass is 32.2. The summed E-state index contributed by atoms with van der Waals surface area (Å²) < 4.78 is 1.57. The number of carbonyl (C=O) groups excluding carboxylic acids is 1. The molecule has 4 aromatic rings. The Labute approximate surface area is 169 Å². The molecule has 0 saturated carbocycles. The summed E-state index contributed by atoms with van der Waals surface area (Å²) in [5.41, 5.74) is 7.44. The number of fused-ring (bicyclic) bond motifs is 1. The zero-order valence-corrected chi connectivity index (χ0v) is 15.8. The highest BCUT2D eigenvalue weighted by Gasteiger charge is 2.22. The predicted octanol–water partition coefficient (Wildman–Crippen LogP) is 2.30. The van der Waals surface area contributed by atoms with Gasteiger partial charge in [-0.1, -0.05) is 42.1 Å². The van der Waals surface area contributed by atoms with Crippen LogP contribution in [0.4, 0.5) is 0 Å². The summed E-state index contributed by atoms with van der Waals surface area (Å²) in [5.74, 6) is -0.584. The Balaban J connectivity index is 1.75. The van der Waals surface area contributed by atoms with Gasteiger partial charge in [0.25, 0.3) is 5.56 Å². The van der Waals surface area contributed by atoms with Crippen molar-refractivity contribution in [3.63, 3.8) is 0 Å². The first-order chi connectivity index (χ1) is 14.1. The monoisotopic (exact) mass is 402 g/mol. The smallest absolute Gasteiger partial charge is 0.262 e. The van der Waals surface area contributed by atoms with Gasteiger partial charge in [-0.3, -0.25) is 9.59 Å². The van der Waals surface area contributed by atoms with E-state index in [1.807, 2.05) is 36.4 Å². The summed E-state index contributed by atoms with van der Waals surface area (Å²) in [4.78, 5) is 31.7. The molecule has 2 heterocycles. The van der Waals surface area contributed by atoms with E-state index >= 15 is 0 Å². The zero-order chi connectivity index (χ0) is 20.4. The second kappa shape index (κ2) is 7.61. The third-order valence-electron chi connectivity index (χ3n) is 4.25. The number of thioether (sulfide) groups is 1. The Kier molecular flexibility index (Phi) is 4.85. The van der Waals surface area contributed by atoms with Crippen LogP contribution in [0.5, 0.6) is 0 Å². The zero-order valence-electron chi connectivity index (χ0n) is 14.9. The average molecular weight is 402 g/mol. The van der Waals surface area contributed by atoms with Crippen molar-refractivity contribution in [3.8, 4) is 11.8 Å². The van der Waals surface area contributed by atoms with Gasteiger partial charge in [0.15, 0.2) is 10.8 Å². The van der Waals surface area contributed by atoms with E-state index < -0.39 is 11.2 Å². The Bertz CT molecular complexity index is 1290. The molecule has 0 aliphatic heterocycles. The molecule has 3 N–H and O–H groups in total. The molecular formula is C20H14N6O2S. The van der Waals surface area contributed by atoms with Gasteiger partial charge in [0.2, 0.25) is 5.91 Å². The van der Waals surface area contributed by atoms with Gasteiger partial charge in [0.05, 0.1) is 23.5 Å². The molecule has 0 saturated heterocycles. The number of hydrogen-bond donors (Lipinski definition) is 2. The number of aromatic nitrogens is 4. The summed E-state index contributed by atoms with van der Waals surface area (Å²) in [6.45, 7) is 0. The number of nitrogens with one attached hydrogen (secondary N) is 1. The molecule has 2 aromatic carbocycles. The number of aromatic amines is 1. The number of amides is 1. The van der Waals surface area contributed by atoms with Crippen molar-refractivity contribution in [2.75, 3.05) is 0 Å². The molecule has 1 atom stereocenters. The van der Waals surface area contributed by atoms with Gasteiger partial charge in [0, 0.05) is 0 Å². The Morgan fingerprint density at radius 2 is 1.90 bits per heavy atom. The molecule has 2 aromatic heterocycles. The van der Waals surface area contributed by atoms with Crippen molar-refractivity contribution in [2.24, 2.45) is 5.73 Å². The van der Waals surface area contributed by atoms with Gasteiger partial charge in [-0.15, -0.1) is 0 Å². The number of primary amides is 1. The molecule has 0 spiro atoms. The van der Waals surface area contributed by atoms with E-state index in [1.165, 1.54) is 6.20 Å². The number of para-hydroxylation sites is 1. The normalized spacial score (nSPS) is 11.8. The standard InChI is InChI=1S/C20H14N6O2S/c21-10-12-6-8-13(9-7-12)16(17(22)27)29-20-24-18-15(19(28)25-20)11-23-26(18)14-4-2-1-3-5-14/h1-9,11,16H,(H2,22,27)(H,24,25,28). The minimum atomic E-state index is -0.781. The maximum absolute atomic E-state index is 12.5. The van der Waals surface area contributed by atoms with Gasteiger partial charge < -0.3 is 10.7 Å². The summed E-state index contributed by atoms with van der Waals surface area (Å²) >= 11 is 1.03. The third kappa shape index (κ3) is 3.61. The summed E-state index contributed by atoms with van der Waals surface area (Å²) in [5, 5.41) is 13.0. The van der Waals surface area contributed by atoms with Crippen LogP contribution in [0, 0.1) is 11.3 Å². The summed E-state index contributed by atoms with van der Waals surface area (Å²) in [7, 11) is 0. The Morgan fingerprint density at radius 3 is 2.55 bits per heavy atom. The molecule has 1 amide bonds. The molecule has 0 aliphatic carbocycles. The minimum absolute atomic E-state index is 0.244. The highest BCUT2D eigenvalue weighted by Crippen LogP contribution is 2.33. The first kappa shape index (κ1) is 18.5. The first-order valence-electron chi connectivity index (χ1n) is 8.56. The van der Waals surface area contributed by atoms with Gasteiger partial charge in [0.1, 0.15) is 10.6 Å². The number of nitriles is 1. The van der Waals surface area contributed by atoms with E-state index in [0.717, 1.165) is 17.4 Å². The number of nitrogens with zero attached hydrogens (tertiary/aromatic N) is 4. The van der Waals surface area contributed by atoms with Crippen LogP contribution in [0.3, 0.4) is 0 Å². The van der Waals surface area contributed by atoms with Crippen LogP contribution in [0.1, 0.15) is 16.4 Å². The average Bonchev–Trinajstić information content (AvgIpc) is 3.17. The van der Waals surface area contributed by atoms with E-state index in [9.17, 15) is 9.59 Å². The molecular weight excluding hydrogens is 388 g/mol. The van der Waals surface area contributed by atoms with Crippen LogP contribution in [0.25, 0.3) is 16.7 Å². The fourth-order valence-corrected chi connectivity index (χ4v) is 3.77. The van der Waals surface area contributed by atoms with Gasteiger partial charge in [-0.25, -0.2) is 9.67 Å². The maximum atomic E-state index is 12.5. The molecule has 0 aliphatic rings. The molecule has 0 bridgehead atoms. The minimum Gasteiger partial charge on any atom is -0.368 e. The van der Waals surface area contributed by atoms with Crippen LogP contribution in [-0.2, 0) is 4.79 Å². The van der Waals surface area contributed by atoms with Gasteiger partial charge in [-0.05, 0) is 29.8 Å². The van der Waals surface area contributed by atoms with E-state index in [0.29, 0.717) is 22.2 Å². The number of hydrogen-bond acceptors (Lipinski definition) is 6. The first-order valence-corrected chi connectivity index (χ1v) is 9.44. The second-order valence-corrected chi connectivity index (χ2v) is 7.23. The quantitative estimate of drug-likeness (QED) is 0.389. The molecule has 4 rings (SSSR count).